The molecule has 4 heteroatoms. The van der Waals surface area contributed by atoms with Gasteiger partial charge < -0.3 is 9.47 Å². The lowest BCUT2D eigenvalue weighted by Gasteiger charge is -2.19. The van der Waals surface area contributed by atoms with Crippen molar-refractivity contribution in [2.75, 3.05) is 6.61 Å². The minimum absolute atomic E-state index is 0.236. The number of rotatable bonds is 13. The van der Waals surface area contributed by atoms with Crippen molar-refractivity contribution in [1.82, 2.24) is 0 Å². The highest BCUT2D eigenvalue weighted by molar-refractivity contribution is 7.81. The van der Waals surface area contributed by atoms with E-state index in [0.29, 0.717) is 6.61 Å². The zero-order chi connectivity index (χ0) is 15.2. The number of unbranched alkanes of at least 4 members (excludes halogenated alkanes) is 5. The van der Waals surface area contributed by atoms with Gasteiger partial charge in [-0.15, -0.1) is 0 Å². The molecule has 3 nitrogen and oxygen atoms in total. The third-order valence-electron chi connectivity index (χ3n) is 3.25. The van der Waals surface area contributed by atoms with Crippen molar-refractivity contribution in [2.24, 2.45) is 0 Å². The summed E-state index contributed by atoms with van der Waals surface area (Å²) in [5, 5.41) is -0.319. The predicted octanol–water partition coefficient (Wildman–Crippen LogP) is 4.74. The largest absolute Gasteiger partial charge is 0.435 e. The van der Waals surface area contributed by atoms with E-state index in [4.69, 9.17) is 9.47 Å². The molecule has 0 amide bonds. The van der Waals surface area contributed by atoms with E-state index >= 15 is 0 Å². The Hall–Kier alpha value is -0.220. The summed E-state index contributed by atoms with van der Waals surface area (Å²) in [5.74, 6) is -0.236. The summed E-state index contributed by atoms with van der Waals surface area (Å²) < 4.78 is 10.9. The number of hydrogen-bond acceptors (Lipinski definition) is 4. The number of thiol groups is 1. The highest BCUT2D eigenvalue weighted by Crippen LogP contribution is 2.15. The molecule has 0 fully saturated rings. The van der Waals surface area contributed by atoms with E-state index in [1.165, 1.54) is 12.8 Å². The summed E-state index contributed by atoms with van der Waals surface area (Å²) in [4.78, 5) is 11.9. The zero-order valence-corrected chi connectivity index (χ0v) is 14.3. The lowest BCUT2D eigenvalue weighted by atomic mass is 10.1. The first-order chi connectivity index (χ1) is 9.65. The molecule has 20 heavy (non-hydrogen) atoms. The molecule has 2 atom stereocenters. The van der Waals surface area contributed by atoms with Crippen LogP contribution in [-0.2, 0) is 14.3 Å². The summed E-state index contributed by atoms with van der Waals surface area (Å²) in [7, 11) is 0. The molecule has 0 heterocycles. The van der Waals surface area contributed by atoms with Gasteiger partial charge in [0.1, 0.15) is 0 Å². The van der Waals surface area contributed by atoms with Crippen LogP contribution < -0.4 is 0 Å². The fourth-order valence-electron chi connectivity index (χ4n) is 2.01. The molecule has 0 N–H and O–H groups in total. The van der Waals surface area contributed by atoms with Crippen LogP contribution in [0.1, 0.15) is 78.6 Å². The van der Waals surface area contributed by atoms with Crippen LogP contribution in [0.3, 0.4) is 0 Å². The highest BCUT2D eigenvalue weighted by Gasteiger charge is 2.20. The van der Waals surface area contributed by atoms with Crippen molar-refractivity contribution >= 4 is 18.6 Å². The molecule has 0 radical (unpaired) electrons. The molecule has 0 spiro atoms. The Morgan fingerprint density at radius 1 is 0.950 bits per heavy atom. The highest BCUT2D eigenvalue weighted by atomic mass is 32.1. The molecular weight excluding hydrogens is 272 g/mol. The molecule has 0 aromatic rings. The second-order valence-electron chi connectivity index (χ2n) is 5.18. The Kier molecular flexibility index (Phi) is 13.6. The molecule has 0 bridgehead atoms. The first-order valence-electron chi connectivity index (χ1n) is 8.15. The van der Waals surface area contributed by atoms with Gasteiger partial charge in [0.05, 0.1) is 5.25 Å². The third kappa shape index (κ3) is 10.6. The van der Waals surface area contributed by atoms with Crippen molar-refractivity contribution in [3.63, 3.8) is 0 Å². The number of carbonyl (C=O) groups is 1. The summed E-state index contributed by atoms with van der Waals surface area (Å²) >= 11 is 4.35. The summed E-state index contributed by atoms with van der Waals surface area (Å²) in [6, 6.07) is 0. The van der Waals surface area contributed by atoms with Gasteiger partial charge in [-0.3, -0.25) is 4.79 Å². The van der Waals surface area contributed by atoms with E-state index in [2.05, 4.69) is 26.5 Å². The molecule has 0 aliphatic carbocycles. The van der Waals surface area contributed by atoms with Crippen LogP contribution in [0.4, 0.5) is 0 Å². The van der Waals surface area contributed by atoms with Gasteiger partial charge in [-0.2, -0.15) is 12.6 Å². The topological polar surface area (TPSA) is 35.5 Å². The molecule has 0 aromatic carbocycles. The number of esters is 1. The van der Waals surface area contributed by atoms with Crippen LogP contribution in [0.15, 0.2) is 0 Å². The quantitative estimate of drug-likeness (QED) is 0.231. The van der Waals surface area contributed by atoms with Gasteiger partial charge in [0.25, 0.3) is 0 Å². The van der Waals surface area contributed by atoms with Crippen molar-refractivity contribution in [3.8, 4) is 0 Å². The fraction of sp³-hybridized carbons (Fsp3) is 0.938. The van der Waals surface area contributed by atoms with Crippen molar-refractivity contribution in [2.45, 2.75) is 90.1 Å². The second-order valence-corrected chi connectivity index (χ2v) is 5.81. The van der Waals surface area contributed by atoms with E-state index < -0.39 is 6.29 Å². The smallest absolute Gasteiger partial charge is 0.321 e. The van der Waals surface area contributed by atoms with Crippen molar-refractivity contribution in [3.05, 3.63) is 0 Å². The molecule has 0 saturated carbocycles. The van der Waals surface area contributed by atoms with Gasteiger partial charge in [0.2, 0.25) is 6.29 Å². The van der Waals surface area contributed by atoms with E-state index in [-0.39, 0.29) is 11.2 Å². The fourth-order valence-corrected chi connectivity index (χ4v) is 2.26. The summed E-state index contributed by atoms with van der Waals surface area (Å²) in [6.45, 7) is 6.82. The Morgan fingerprint density at radius 3 is 2.15 bits per heavy atom. The normalized spacial score (nSPS) is 14.0. The minimum atomic E-state index is -0.399. The molecule has 0 aliphatic heterocycles. The second kappa shape index (κ2) is 13.7. The molecule has 0 aliphatic rings. The van der Waals surface area contributed by atoms with Crippen LogP contribution in [0.5, 0.6) is 0 Å². The zero-order valence-electron chi connectivity index (χ0n) is 13.4. The monoisotopic (exact) mass is 304 g/mol. The van der Waals surface area contributed by atoms with Crippen LogP contribution >= 0.6 is 12.6 Å². The van der Waals surface area contributed by atoms with Gasteiger partial charge in [0, 0.05) is 13.0 Å². The molecule has 0 aromatic heterocycles. The lowest BCUT2D eigenvalue weighted by molar-refractivity contribution is -0.178. The Balaban J connectivity index is 3.95. The van der Waals surface area contributed by atoms with E-state index in [0.717, 1.165) is 44.9 Å². The maximum absolute atomic E-state index is 11.9. The maximum atomic E-state index is 11.9. The lowest BCUT2D eigenvalue weighted by Crippen LogP contribution is -2.27. The maximum Gasteiger partial charge on any atom is 0.321 e. The Morgan fingerprint density at radius 2 is 1.55 bits per heavy atom. The Bertz CT molecular complexity index is 234. The first kappa shape index (κ1) is 19.8. The SMILES string of the molecule is CCCCCCC(S)C(=O)OC(CCCCC)OCC. The van der Waals surface area contributed by atoms with Crippen molar-refractivity contribution < 1.29 is 14.3 Å². The van der Waals surface area contributed by atoms with Gasteiger partial charge in [-0.1, -0.05) is 52.4 Å². The van der Waals surface area contributed by atoms with Crippen LogP contribution in [0, 0.1) is 0 Å². The molecular formula is C16H32O3S. The molecule has 0 rings (SSSR count). The van der Waals surface area contributed by atoms with Gasteiger partial charge >= 0.3 is 5.97 Å². The van der Waals surface area contributed by atoms with E-state index in [9.17, 15) is 4.79 Å². The van der Waals surface area contributed by atoms with Crippen molar-refractivity contribution in [1.29, 1.82) is 0 Å². The summed E-state index contributed by atoms with van der Waals surface area (Å²) in [5.41, 5.74) is 0. The average Bonchev–Trinajstić information content (AvgIpc) is 2.43. The van der Waals surface area contributed by atoms with Crippen LogP contribution in [0.25, 0.3) is 0 Å². The number of ether oxygens (including phenoxy) is 2. The average molecular weight is 304 g/mol. The van der Waals surface area contributed by atoms with E-state index in [1.54, 1.807) is 0 Å². The molecule has 120 valence electrons. The number of hydrogen-bond donors (Lipinski definition) is 1. The standard InChI is InChI=1S/C16H32O3S/c1-4-7-9-11-12-14(20)16(17)19-15(18-6-3)13-10-8-5-2/h14-15,20H,4-13H2,1-3H3. The van der Waals surface area contributed by atoms with Crippen LogP contribution in [0.2, 0.25) is 0 Å². The van der Waals surface area contributed by atoms with Gasteiger partial charge in [0.15, 0.2) is 0 Å². The minimum Gasteiger partial charge on any atom is -0.435 e. The first-order valence-corrected chi connectivity index (χ1v) is 8.67. The Labute approximate surface area is 130 Å². The summed E-state index contributed by atoms with van der Waals surface area (Å²) in [6.07, 6.45) is 9.10. The predicted molar refractivity (Wildman–Crippen MR) is 87.2 cm³/mol. The molecule has 2 unspecified atom stereocenters. The third-order valence-corrected chi connectivity index (χ3v) is 3.72. The number of carbonyl (C=O) groups excluding carboxylic acids is 1. The van der Waals surface area contributed by atoms with Crippen LogP contribution in [-0.4, -0.2) is 24.1 Å². The van der Waals surface area contributed by atoms with Gasteiger partial charge in [-0.05, 0) is 19.8 Å². The molecule has 0 saturated heterocycles. The van der Waals surface area contributed by atoms with E-state index in [1.807, 2.05) is 6.92 Å². The van der Waals surface area contributed by atoms with Gasteiger partial charge in [-0.25, -0.2) is 0 Å².